The Morgan fingerprint density at radius 2 is 1.77 bits per heavy atom. The molecule has 26 heavy (non-hydrogen) atoms. The summed E-state index contributed by atoms with van der Waals surface area (Å²) < 4.78 is 28.9. The van der Waals surface area contributed by atoms with Crippen molar-refractivity contribution < 1.29 is 13.2 Å². The van der Waals surface area contributed by atoms with Crippen LogP contribution in [0, 0.1) is 5.92 Å². The van der Waals surface area contributed by atoms with Crippen molar-refractivity contribution in [1.29, 1.82) is 0 Å². The van der Waals surface area contributed by atoms with Crippen molar-refractivity contribution in [2.45, 2.75) is 44.6 Å². The van der Waals surface area contributed by atoms with Crippen LogP contribution in [-0.2, 0) is 14.8 Å². The van der Waals surface area contributed by atoms with E-state index in [2.05, 4.69) is 10.0 Å². The van der Waals surface area contributed by atoms with Crippen LogP contribution in [0.1, 0.15) is 34.1 Å². The molecule has 0 aliphatic carbocycles. The van der Waals surface area contributed by atoms with E-state index in [4.69, 9.17) is 5.73 Å². The van der Waals surface area contributed by atoms with Gasteiger partial charge in [-0.25, -0.2) is 13.1 Å². The molecule has 6 nitrogen and oxygen atoms in total. The molecule has 0 fully saturated rings. The minimum Gasteiger partial charge on any atom is -0.329 e. The Labute approximate surface area is 155 Å². The molecule has 0 saturated carbocycles. The molecule has 4 N–H and O–H groups in total. The third-order valence-corrected chi connectivity index (χ3v) is 5.87. The molecule has 0 heterocycles. The van der Waals surface area contributed by atoms with Crippen LogP contribution in [0.25, 0.3) is 10.8 Å². The van der Waals surface area contributed by atoms with Crippen LogP contribution in [0.4, 0.5) is 5.69 Å². The summed E-state index contributed by atoms with van der Waals surface area (Å²) in [6.07, 6.45) is 0.630. The molecule has 7 heteroatoms. The standard InChI is InChI=1S/C19H27N3O3S/c1-13(2)11-19(4,12-20)22-26(24,25)18-10-9-17(21-14(3)23)15-7-5-6-8-16(15)18/h5-10,13,22H,11-12,20H2,1-4H3,(H,21,23). The maximum Gasteiger partial charge on any atom is 0.241 e. The minimum atomic E-state index is -3.79. The van der Waals surface area contributed by atoms with Crippen LogP contribution in [0.5, 0.6) is 0 Å². The number of carbonyl (C=O) groups excluding carboxylic acids is 1. The second-order valence-electron chi connectivity index (χ2n) is 7.31. The van der Waals surface area contributed by atoms with Gasteiger partial charge in [0, 0.05) is 35.5 Å². The van der Waals surface area contributed by atoms with Crippen LogP contribution in [0.3, 0.4) is 0 Å². The fourth-order valence-electron chi connectivity index (χ4n) is 3.25. The third kappa shape index (κ3) is 4.60. The molecule has 142 valence electrons. The van der Waals surface area contributed by atoms with Crippen LogP contribution in [-0.4, -0.2) is 26.4 Å². The van der Waals surface area contributed by atoms with E-state index in [9.17, 15) is 13.2 Å². The molecule has 0 aromatic heterocycles. The van der Waals surface area contributed by atoms with Crippen LogP contribution >= 0.6 is 0 Å². The Morgan fingerprint density at radius 3 is 2.31 bits per heavy atom. The lowest BCUT2D eigenvalue weighted by Crippen LogP contribution is -2.52. The van der Waals surface area contributed by atoms with Crippen molar-refractivity contribution in [2.24, 2.45) is 11.7 Å². The number of fused-ring (bicyclic) bond motifs is 1. The quantitative estimate of drug-likeness (QED) is 0.690. The Hall–Kier alpha value is -1.96. The van der Waals surface area contributed by atoms with E-state index in [-0.39, 0.29) is 17.3 Å². The number of hydrogen-bond donors (Lipinski definition) is 3. The molecule has 2 aromatic rings. The molecule has 2 rings (SSSR count). The molecule has 2 aromatic carbocycles. The summed E-state index contributed by atoms with van der Waals surface area (Å²) >= 11 is 0. The molecule has 0 aliphatic rings. The molecule has 1 unspecified atom stereocenters. The number of carbonyl (C=O) groups is 1. The molecule has 0 bridgehead atoms. The predicted octanol–water partition coefficient (Wildman–Crippen LogP) is 2.84. The second kappa shape index (κ2) is 7.73. The van der Waals surface area contributed by atoms with Gasteiger partial charge in [-0.05, 0) is 31.4 Å². The van der Waals surface area contributed by atoms with Gasteiger partial charge in [-0.1, -0.05) is 38.1 Å². The van der Waals surface area contributed by atoms with E-state index in [1.165, 1.54) is 13.0 Å². The highest BCUT2D eigenvalue weighted by atomic mass is 32.2. The summed E-state index contributed by atoms with van der Waals surface area (Å²) in [7, 11) is -3.79. The van der Waals surface area contributed by atoms with Gasteiger partial charge in [0.05, 0.1) is 4.90 Å². The summed E-state index contributed by atoms with van der Waals surface area (Å²) in [6.45, 7) is 7.49. The lowest BCUT2D eigenvalue weighted by molar-refractivity contribution is -0.114. The number of nitrogens with one attached hydrogen (secondary N) is 2. The van der Waals surface area contributed by atoms with Gasteiger partial charge < -0.3 is 11.1 Å². The van der Waals surface area contributed by atoms with Gasteiger partial charge in [0.1, 0.15) is 0 Å². The largest absolute Gasteiger partial charge is 0.329 e. The summed E-state index contributed by atoms with van der Waals surface area (Å²) in [5, 5.41) is 3.96. The zero-order chi connectivity index (χ0) is 19.5. The highest BCUT2D eigenvalue weighted by Crippen LogP contribution is 2.30. The Morgan fingerprint density at radius 1 is 1.15 bits per heavy atom. The summed E-state index contributed by atoms with van der Waals surface area (Å²) in [5.41, 5.74) is 5.71. The van der Waals surface area contributed by atoms with Crippen molar-refractivity contribution in [3.8, 4) is 0 Å². The maximum atomic E-state index is 13.1. The van der Waals surface area contributed by atoms with E-state index >= 15 is 0 Å². The molecule has 0 aliphatic heterocycles. The van der Waals surface area contributed by atoms with Crippen molar-refractivity contribution >= 4 is 32.4 Å². The van der Waals surface area contributed by atoms with Crippen molar-refractivity contribution in [3.63, 3.8) is 0 Å². The fraction of sp³-hybridized carbons (Fsp3) is 0.421. The van der Waals surface area contributed by atoms with Crippen LogP contribution in [0.2, 0.25) is 0 Å². The first-order valence-corrected chi connectivity index (χ1v) is 10.1. The summed E-state index contributed by atoms with van der Waals surface area (Å²) in [5.74, 6) is 0.0849. The van der Waals surface area contributed by atoms with Gasteiger partial charge in [-0.15, -0.1) is 0 Å². The first-order valence-electron chi connectivity index (χ1n) is 8.61. The molecule has 0 saturated heterocycles. The Balaban J connectivity index is 2.53. The smallest absolute Gasteiger partial charge is 0.241 e. The lowest BCUT2D eigenvalue weighted by atomic mass is 9.92. The number of hydrogen-bond acceptors (Lipinski definition) is 4. The van der Waals surface area contributed by atoms with Gasteiger partial charge in [-0.2, -0.15) is 0 Å². The topological polar surface area (TPSA) is 101 Å². The Kier molecular flexibility index (Phi) is 6.05. The first kappa shape index (κ1) is 20.4. The highest BCUT2D eigenvalue weighted by Gasteiger charge is 2.31. The van der Waals surface area contributed by atoms with Crippen molar-refractivity contribution in [2.75, 3.05) is 11.9 Å². The number of rotatable bonds is 7. The molecule has 0 radical (unpaired) electrons. The summed E-state index contributed by atoms with van der Waals surface area (Å²) in [4.78, 5) is 11.6. The SMILES string of the molecule is CC(=O)Nc1ccc(S(=O)(=O)NC(C)(CN)CC(C)C)c2ccccc12. The van der Waals surface area contributed by atoms with Crippen LogP contribution < -0.4 is 15.8 Å². The zero-order valence-electron chi connectivity index (χ0n) is 15.7. The average molecular weight is 378 g/mol. The monoisotopic (exact) mass is 377 g/mol. The average Bonchev–Trinajstić information content (AvgIpc) is 2.53. The summed E-state index contributed by atoms with van der Waals surface area (Å²) in [6, 6.07) is 10.2. The minimum absolute atomic E-state index is 0.172. The van der Waals surface area contributed by atoms with E-state index in [1.807, 2.05) is 20.8 Å². The van der Waals surface area contributed by atoms with E-state index in [0.29, 0.717) is 28.8 Å². The molecule has 1 atom stereocenters. The second-order valence-corrected chi connectivity index (χ2v) is 8.96. The number of sulfonamides is 1. The normalized spacial score (nSPS) is 14.4. The van der Waals surface area contributed by atoms with Gasteiger partial charge in [-0.3, -0.25) is 4.79 Å². The predicted molar refractivity (Wildman–Crippen MR) is 105 cm³/mol. The highest BCUT2D eigenvalue weighted by molar-refractivity contribution is 7.89. The first-order chi connectivity index (χ1) is 12.1. The van der Waals surface area contributed by atoms with E-state index < -0.39 is 15.6 Å². The molecule has 0 spiro atoms. The zero-order valence-corrected chi connectivity index (χ0v) is 16.5. The van der Waals surface area contributed by atoms with Crippen molar-refractivity contribution in [1.82, 2.24) is 4.72 Å². The van der Waals surface area contributed by atoms with Gasteiger partial charge >= 0.3 is 0 Å². The number of benzene rings is 2. The van der Waals surface area contributed by atoms with Crippen LogP contribution in [0.15, 0.2) is 41.3 Å². The maximum absolute atomic E-state index is 13.1. The third-order valence-electron chi connectivity index (χ3n) is 4.17. The van der Waals surface area contributed by atoms with E-state index in [1.54, 1.807) is 30.3 Å². The van der Waals surface area contributed by atoms with Gasteiger partial charge in [0.15, 0.2) is 0 Å². The molecular formula is C19H27N3O3S. The van der Waals surface area contributed by atoms with Gasteiger partial charge in [0.25, 0.3) is 0 Å². The number of nitrogens with two attached hydrogens (primary N) is 1. The lowest BCUT2D eigenvalue weighted by Gasteiger charge is -2.31. The van der Waals surface area contributed by atoms with E-state index in [0.717, 1.165) is 0 Å². The Bertz CT molecular complexity index is 909. The fourth-order valence-corrected chi connectivity index (χ4v) is 4.89. The number of amides is 1. The number of anilines is 1. The molecular weight excluding hydrogens is 350 g/mol. The molecule has 1 amide bonds. The van der Waals surface area contributed by atoms with Crippen molar-refractivity contribution in [3.05, 3.63) is 36.4 Å². The van der Waals surface area contributed by atoms with Gasteiger partial charge in [0.2, 0.25) is 15.9 Å².